The number of para-hydroxylation sites is 2. The largest absolute Gasteiger partial charge is 0.452 e. The molecule has 7 nitrogen and oxygen atoms in total. The number of benzene rings is 2. The van der Waals surface area contributed by atoms with Gasteiger partial charge in [-0.3, -0.25) is 9.59 Å². The fourth-order valence-electron chi connectivity index (χ4n) is 7.01. The van der Waals surface area contributed by atoms with Crippen molar-refractivity contribution in [1.82, 2.24) is 10.6 Å². The molecule has 4 fully saturated rings. The van der Waals surface area contributed by atoms with Crippen molar-refractivity contribution in [3.8, 4) is 11.5 Å². The third-order valence-electron chi connectivity index (χ3n) is 8.43. The van der Waals surface area contributed by atoms with Gasteiger partial charge in [0, 0.05) is 18.4 Å². The van der Waals surface area contributed by atoms with Gasteiger partial charge in [0.2, 0.25) is 11.8 Å². The van der Waals surface area contributed by atoms with E-state index >= 15 is 0 Å². The van der Waals surface area contributed by atoms with Gasteiger partial charge in [0.05, 0.1) is 0 Å². The van der Waals surface area contributed by atoms with Crippen LogP contribution < -0.4 is 19.7 Å². The third kappa shape index (κ3) is 6.26. The van der Waals surface area contributed by atoms with E-state index in [9.17, 15) is 14.2 Å². The summed E-state index contributed by atoms with van der Waals surface area (Å²) in [6.45, 7) is 2.21. The number of hydrogen-bond donors (Lipinski definition) is 2. The highest BCUT2D eigenvalue weighted by atomic mass is 31.2. The molecule has 2 aromatic rings. The van der Waals surface area contributed by atoms with E-state index in [2.05, 4.69) is 10.6 Å². The Morgan fingerprint density at radius 1 is 0.868 bits per heavy atom. The molecule has 2 aromatic carbocycles. The molecule has 1 unspecified atom stereocenters. The van der Waals surface area contributed by atoms with Crippen LogP contribution in [0.15, 0.2) is 60.7 Å². The first-order chi connectivity index (χ1) is 18.3. The maximum Gasteiger partial charge on any atom is 0.452 e. The van der Waals surface area contributed by atoms with Gasteiger partial charge >= 0.3 is 7.60 Å². The van der Waals surface area contributed by atoms with Crippen LogP contribution in [0.3, 0.4) is 0 Å². The van der Waals surface area contributed by atoms with Crippen molar-refractivity contribution in [3.05, 3.63) is 60.7 Å². The van der Waals surface area contributed by atoms with Gasteiger partial charge in [-0.25, -0.2) is 4.57 Å². The summed E-state index contributed by atoms with van der Waals surface area (Å²) in [5.74, 6) is 2.18. The summed E-state index contributed by atoms with van der Waals surface area (Å²) in [7, 11) is -3.78. The summed E-state index contributed by atoms with van der Waals surface area (Å²) in [6.07, 6.45) is 8.75. The van der Waals surface area contributed by atoms with E-state index in [0.29, 0.717) is 24.5 Å². The smallest absolute Gasteiger partial charge is 0.415 e. The van der Waals surface area contributed by atoms with Crippen LogP contribution >= 0.6 is 7.60 Å². The predicted octanol–water partition coefficient (Wildman–Crippen LogP) is 6.30. The first-order valence-corrected chi connectivity index (χ1v) is 15.6. The Bertz CT molecular complexity index is 1070. The number of carbonyl (C=O) groups is 2. The van der Waals surface area contributed by atoms with Crippen molar-refractivity contribution in [1.29, 1.82) is 0 Å². The van der Waals surface area contributed by atoms with Crippen molar-refractivity contribution in [2.45, 2.75) is 70.5 Å². The minimum Gasteiger partial charge on any atom is -0.415 e. The molecule has 4 aliphatic rings. The molecular formula is C30H39N2O5P. The van der Waals surface area contributed by atoms with Crippen molar-refractivity contribution < 1.29 is 23.2 Å². The highest BCUT2D eigenvalue weighted by molar-refractivity contribution is 7.55. The van der Waals surface area contributed by atoms with Gasteiger partial charge in [0.1, 0.15) is 11.5 Å². The van der Waals surface area contributed by atoms with Crippen molar-refractivity contribution >= 4 is 19.4 Å². The third-order valence-corrected chi connectivity index (χ3v) is 10.4. The lowest BCUT2D eigenvalue weighted by atomic mass is 9.49. The zero-order valence-electron chi connectivity index (χ0n) is 22.1. The summed E-state index contributed by atoms with van der Waals surface area (Å²) in [5.41, 5.74) is -0.139. The van der Waals surface area contributed by atoms with Crippen molar-refractivity contribution in [2.75, 3.05) is 6.54 Å². The molecule has 1 atom stereocenters. The standard InChI is InChI=1S/C30H39N2O5P/c1-22(38(35,36-26-10-4-2-5-11-26)37-27-12-6-3-7-13-27)32-28(33)14-8-9-15-31-29(34)30-19-23-16-24(20-30)18-25(17-23)21-30/h2-7,10-13,22-25H,8-9,14-21H2,1H3,(H,31,34)(H,32,33). The lowest BCUT2D eigenvalue weighted by Crippen LogP contribution is -2.53. The number of hydrogen-bond acceptors (Lipinski definition) is 5. The predicted molar refractivity (Wildman–Crippen MR) is 147 cm³/mol. The Labute approximate surface area is 225 Å². The average molecular weight is 539 g/mol. The Morgan fingerprint density at radius 3 is 1.87 bits per heavy atom. The fraction of sp³-hybridized carbons (Fsp3) is 0.533. The molecule has 0 heterocycles. The normalized spacial score (nSPS) is 26.4. The highest BCUT2D eigenvalue weighted by Gasteiger charge is 2.54. The quantitative estimate of drug-likeness (QED) is 0.244. The van der Waals surface area contributed by atoms with E-state index in [4.69, 9.17) is 9.05 Å². The summed E-state index contributed by atoms with van der Waals surface area (Å²) < 4.78 is 25.4. The van der Waals surface area contributed by atoms with Crippen molar-refractivity contribution in [2.24, 2.45) is 23.2 Å². The molecule has 0 saturated heterocycles. The van der Waals surface area contributed by atoms with Crippen LogP contribution in [0.4, 0.5) is 0 Å². The van der Waals surface area contributed by atoms with Gasteiger partial charge in [-0.05, 0) is 100 Å². The molecule has 4 saturated carbocycles. The first-order valence-electron chi connectivity index (χ1n) is 14.0. The lowest BCUT2D eigenvalue weighted by molar-refractivity contribution is -0.146. The van der Waals surface area contributed by atoms with Gasteiger partial charge in [0.25, 0.3) is 0 Å². The van der Waals surface area contributed by atoms with E-state index in [0.717, 1.165) is 43.4 Å². The molecule has 4 bridgehead atoms. The average Bonchev–Trinajstić information content (AvgIpc) is 2.88. The molecule has 0 aromatic heterocycles. The monoisotopic (exact) mass is 538 g/mol. The maximum atomic E-state index is 13.8. The zero-order chi connectivity index (χ0) is 26.6. The molecule has 6 rings (SSSR count). The van der Waals surface area contributed by atoms with E-state index in [1.807, 2.05) is 12.1 Å². The molecule has 4 aliphatic carbocycles. The van der Waals surface area contributed by atoms with Gasteiger partial charge in [-0.2, -0.15) is 0 Å². The molecule has 8 heteroatoms. The Balaban J connectivity index is 1.08. The first kappa shape index (κ1) is 26.8. The summed E-state index contributed by atoms with van der Waals surface area (Å²) in [6, 6.07) is 17.6. The molecule has 0 spiro atoms. The van der Waals surface area contributed by atoms with Crippen molar-refractivity contribution in [3.63, 3.8) is 0 Å². The molecule has 2 amide bonds. The second kappa shape index (κ2) is 11.5. The molecular weight excluding hydrogens is 499 g/mol. The van der Waals surface area contributed by atoms with Crippen LogP contribution in [0.5, 0.6) is 11.5 Å². The number of amides is 2. The van der Waals surface area contributed by atoms with Gasteiger partial charge in [-0.15, -0.1) is 0 Å². The highest BCUT2D eigenvalue weighted by Crippen LogP contribution is 2.60. The van der Waals surface area contributed by atoms with Gasteiger partial charge in [0.15, 0.2) is 5.78 Å². The Hall–Kier alpha value is -2.79. The second-order valence-electron chi connectivity index (χ2n) is 11.5. The fourth-order valence-corrected chi connectivity index (χ4v) is 8.49. The van der Waals surface area contributed by atoms with Crippen LogP contribution in [0, 0.1) is 23.2 Å². The molecule has 38 heavy (non-hydrogen) atoms. The minimum atomic E-state index is -3.78. The zero-order valence-corrected chi connectivity index (χ0v) is 23.0. The number of unbranched alkanes of at least 4 members (excludes halogenated alkanes) is 1. The van der Waals surface area contributed by atoms with E-state index in [1.165, 1.54) is 19.3 Å². The van der Waals surface area contributed by atoms with Crippen LogP contribution in [-0.2, 0) is 14.2 Å². The molecule has 2 N–H and O–H groups in total. The molecule has 204 valence electrons. The maximum absolute atomic E-state index is 13.8. The van der Waals surface area contributed by atoms with E-state index in [-0.39, 0.29) is 23.7 Å². The van der Waals surface area contributed by atoms with Crippen LogP contribution in [0.25, 0.3) is 0 Å². The minimum absolute atomic E-state index is 0.139. The van der Waals surface area contributed by atoms with Crippen LogP contribution in [-0.4, -0.2) is 24.1 Å². The summed E-state index contributed by atoms with van der Waals surface area (Å²) in [4.78, 5) is 25.8. The topological polar surface area (TPSA) is 93.7 Å². The summed E-state index contributed by atoms with van der Waals surface area (Å²) in [5, 5.41) is 5.99. The Morgan fingerprint density at radius 2 is 1.37 bits per heavy atom. The molecule has 0 aliphatic heterocycles. The van der Waals surface area contributed by atoms with Gasteiger partial charge in [-0.1, -0.05) is 36.4 Å². The lowest BCUT2D eigenvalue weighted by Gasteiger charge is -2.55. The number of nitrogens with one attached hydrogen (secondary N) is 2. The summed E-state index contributed by atoms with van der Waals surface area (Å²) >= 11 is 0. The van der Waals surface area contributed by atoms with Crippen LogP contribution in [0.2, 0.25) is 0 Å². The van der Waals surface area contributed by atoms with E-state index < -0.39 is 13.4 Å². The van der Waals surface area contributed by atoms with Crippen LogP contribution in [0.1, 0.15) is 64.7 Å². The Kier molecular flexibility index (Phi) is 8.13. The molecule has 0 radical (unpaired) electrons. The van der Waals surface area contributed by atoms with Gasteiger partial charge < -0.3 is 19.7 Å². The van der Waals surface area contributed by atoms with E-state index in [1.54, 1.807) is 55.5 Å². The second-order valence-corrected chi connectivity index (χ2v) is 13.7. The SMILES string of the molecule is CC(NC(=O)CCCCNC(=O)C12CC3CC(CC(C3)C1)C2)P(=O)(Oc1ccccc1)Oc1ccccc1. The number of rotatable bonds is 12. The number of carbonyl (C=O) groups excluding carboxylic acids is 2.